The third-order valence-corrected chi connectivity index (χ3v) is 2.55. The Morgan fingerprint density at radius 3 is 2.56 bits per heavy atom. The summed E-state index contributed by atoms with van der Waals surface area (Å²) in [7, 11) is 0. The van der Waals surface area contributed by atoms with Crippen LogP contribution in [0.4, 0.5) is 5.82 Å². The summed E-state index contributed by atoms with van der Waals surface area (Å²) in [6, 6.07) is 7.93. The lowest BCUT2D eigenvalue weighted by Gasteiger charge is -2.14. The van der Waals surface area contributed by atoms with Crippen LogP contribution in [0.2, 0.25) is 5.02 Å². The van der Waals surface area contributed by atoms with Gasteiger partial charge in [-0.05, 0) is 24.6 Å². The molecule has 16 heavy (non-hydrogen) atoms. The number of hydrogen-bond acceptors (Lipinski definition) is 3. The van der Waals surface area contributed by atoms with E-state index in [4.69, 9.17) is 11.6 Å². The van der Waals surface area contributed by atoms with Crippen LogP contribution in [0.5, 0.6) is 0 Å². The molecule has 1 unspecified atom stereocenters. The topological polar surface area (TPSA) is 37.8 Å². The number of rotatable bonds is 3. The van der Waals surface area contributed by atoms with Crippen LogP contribution >= 0.6 is 11.6 Å². The van der Waals surface area contributed by atoms with Crippen LogP contribution in [0.3, 0.4) is 0 Å². The predicted molar refractivity (Wildman–Crippen MR) is 65.5 cm³/mol. The standard InChI is InChI=1S/C12H12ClN3/c1-9(10-2-4-11(13)5-3-10)16-12-8-14-6-7-15-12/h2-9H,1H3,(H,15,16). The van der Waals surface area contributed by atoms with E-state index in [1.807, 2.05) is 24.3 Å². The van der Waals surface area contributed by atoms with Gasteiger partial charge in [0.05, 0.1) is 6.20 Å². The summed E-state index contributed by atoms with van der Waals surface area (Å²) < 4.78 is 0. The van der Waals surface area contributed by atoms with Gasteiger partial charge in [0.15, 0.2) is 0 Å². The Kier molecular flexibility index (Phi) is 3.37. The SMILES string of the molecule is CC(Nc1cnccn1)c1ccc(Cl)cc1. The van der Waals surface area contributed by atoms with E-state index in [0.717, 1.165) is 16.4 Å². The lowest BCUT2D eigenvalue weighted by Crippen LogP contribution is -2.07. The molecule has 2 rings (SSSR count). The van der Waals surface area contributed by atoms with Crippen LogP contribution in [0, 0.1) is 0 Å². The number of aromatic nitrogens is 2. The monoisotopic (exact) mass is 233 g/mol. The van der Waals surface area contributed by atoms with Crippen molar-refractivity contribution in [3.05, 3.63) is 53.4 Å². The van der Waals surface area contributed by atoms with Crippen molar-refractivity contribution in [1.82, 2.24) is 9.97 Å². The fourth-order valence-electron chi connectivity index (χ4n) is 1.43. The molecule has 0 amide bonds. The fraction of sp³-hybridized carbons (Fsp3) is 0.167. The van der Waals surface area contributed by atoms with Crippen molar-refractivity contribution >= 4 is 17.4 Å². The predicted octanol–water partition coefficient (Wildman–Crippen LogP) is 3.30. The highest BCUT2D eigenvalue weighted by molar-refractivity contribution is 6.30. The number of halogens is 1. The van der Waals surface area contributed by atoms with E-state index in [-0.39, 0.29) is 6.04 Å². The maximum Gasteiger partial charge on any atom is 0.144 e. The maximum absolute atomic E-state index is 5.83. The van der Waals surface area contributed by atoms with E-state index in [2.05, 4.69) is 22.2 Å². The van der Waals surface area contributed by atoms with Crippen molar-refractivity contribution in [3.63, 3.8) is 0 Å². The molecular weight excluding hydrogens is 222 g/mol. The van der Waals surface area contributed by atoms with E-state index in [1.54, 1.807) is 18.6 Å². The first-order valence-corrected chi connectivity index (χ1v) is 5.41. The van der Waals surface area contributed by atoms with E-state index in [0.29, 0.717) is 0 Å². The Balaban J connectivity index is 2.09. The van der Waals surface area contributed by atoms with Gasteiger partial charge < -0.3 is 5.32 Å². The van der Waals surface area contributed by atoms with Crippen molar-refractivity contribution in [3.8, 4) is 0 Å². The fourth-order valence-corrected chi connectivity index (χ4v) is 1.56. The minimum atomic E-state index is 0.175. The number of benzene rings is 1. The lowest BCUT2D eigenvalue weighted by molar-refractivity contribution is 0.871. The third-order valence-electron chi connectivity index (χ3n) is 2.30. The molecule has 1 aromatic carbocycles. The maximum atomic E-state index is 5.83. The number of nitrogens with zero attached hydrogens (tertiary/aromatic N) is 2. The third kappa shape index (κ3) is 2.70. The Bertz CT molecular complexity index is 442. The minimum Gasteiger partial charge on any atom is -0.362 e. The van der Waals surface area contributed by atoms with Gasteiger partial charge >= 0.3 is 0 Å². The molecule has 3 nitrogen and oxygen atoms in total. The Labute approximate surface area is 99.5 Å². The zero-order chi connectivity index (χ0) is 11.4. The lowest BCUT2D eigenvalue weighted by atomic mass is 10.1. The highest BCUT2D eigenvalue weighted by atomic mass is 35.5. The molecule has 2 aromatic rings. The molecule has 0 aliphatic carbocycles. The van der Waals surface area contributed by atoms with Gasteiger partial charge in [-0.1, -0.05) is 23.7 Å². The van der Waals surface area contributed by atoms with Crippen LogP contribution in [-0.2, 0) is 0 Å². The molecule has 1 heterocycles. The molecule has 1 aromatic heterocycles. The molecule has 0 spiro atoms. The second kappa shape index (κ2) is 4.94. The Hall–Kier alpha value is -1.61. The van der Waals surface area contributed by atoms with E-state index in [1.165, 1.54) is 0 Å². The van der Waals surface area contributed by atoms with Crippen molar-refractivity contribution in [2.75, 3.05) is 5.32 Å². The molecular formula is C12H12ClN3. The second-order valence-electron chi connectivity index (χ2n) is 3.51. The molecule has 0 saturated carbocycles. The molecule has 0 bridgehead atoms. The molecule has 0 aliphatic heterocycles. The van der Waals surface area contributed by atoms with Gasteiger partial charge in [-0.3, -0.25) is 4.98 Å². The molecule has 0 fully saturated rings. The largest absolute Gasteiger partial charge is 0.362 e. The number of nitrogens with one attached hydrogen (secondary N) is 1. The Morgan fingerprint density at radius 2 is 1.94 bits per heavy atom. The van der Waals surface area contributed by atoms with Gasteiger partial charge in [0, 0.05) is 23.5 Å². The summed E-state index contributed by atoms with van der Waals surface area (Å²) in [5, 5.41) is 4.01. The highest BCUT2D eigenvalue weighted by Crippen LogP contribution is 2.19. The van der Waals surface area contributed by atoms with Gasteiger partial charge in [0.25, 0.3) is 0 Å². The number of anilines is 1. The molecule has 0 radical (unpaired) electrons. The zero-order valence-corrected chi connectivity index (χ0v) is 9.65. The summed E-state index contributed by atoms with van der Waals surface area (Å²) in [5.74, 6) is 0.768. The first-order chi connectivity index (χ1) is 7.75. The van der Waals surface area contributed by atoms with Crippen molar-refractivity contribution in [2.24, 2.45) is 0 Å². The molecule has 0 saturated heterocycles. The quantitative estimate of drug-likeness (QED) is 0.884. The van der Waals surface area contributed by atoms with Crippen LogP contribution < -0.4 is 5.32 Å². The van der Waals surface area contributed by atoms with Crippen LogP contribution in [0.1, 0.15) is 18.5 Å². The van der Waals surface area contributed by atoms with Crippen molar-refractivity contribution in [1.29, 1.82) is 0 Å². The minimum absolute atomic E-state index is 0.175. The summed E-state index contributed by atoms with van der Waals surface area (Å²) in [6.45, 7) is 2.07. The molecule has 1 atom stereocenters. The zero-order valence-electron chi connectivity index (χ0n) is 8.89. The Morgan fingerprint density at radius 1 is 1.19 bits per heavy atom. The second-order valence-corrected chi connectivity index (χ2v) is 3.94. The molecule has 4 heteroatoms. The average Bonchev–Trinajstić information content (AvgIpc) is 2.31. The normalized spacial score (nSPS) is 12.1. The summed E-state index contributed by atoms with van der Waals surface area (Å²) in [6.07, 6.45) is 5.02. The summed E-state index contributed by atoms with van der Waals surface area (Å²) in [5.41, 5.74) is 1.16. The summed E-state index contributed by atoms with van der Waals surface area (Å²) >= 11 is 5.83. The van der Waals surface area contributed by atoms with Crippen LogP contribution in [-0.4, -0.2) is 9.97 Å². The van der Waals surface area contributed by atoms with E-state index < -0.39 is 0 Å². The average molecular weight is 234 g/mol. The van der Waals surface area contributed by atoms with Crippen LogP contribution in [0.15, 0.2) is 42.9 Å². The first kappa shape index (κ1) is 10.9. The summed E-state index contributed by atoms with van der Waals surface area (Å²) in [4.78, 5) is 8.16. The van der Waals surface area contributed by atoms with Gasteiger partial charge in [0.1, 0.15) is 5.82 Å². The van der Waals surface area contributed by atoms with E-state index >= 15 is 0 Å². The first-order valence-electron chi connectivity index (χ1n) is 5.04. The molecule has 82 valence electrons. The van der Waals surface area contributed by atoms with E-state index in [9.17, 15) is 0 Å². The van der Waals surface area contributed by atoms with Crippen molar-refractivity contribution in [2.45, 2.75) is 13.0 Å². The molecule has 0 aliphatic rings. The van der Waals surface area contributed by atoms with Gasteiger partial charge in [-0.25, -0.2) is 4.98 Å². The van der Waals surface area contributed by atoms with Gasteiger partial charge in [-0.2, -0.15) is 0 Å². The van der Waals surface area contributed by atoms with Gasteiger partial charge in [0.2, 0.25) is 0 Å². The molecule has 1 N–H and O–H groups in total. The smallest absolute Gasteiger partial charge is 0.144 e. The highest BCUT2D eigenvalue weighted by Gasteiger charge is 2.05. The number of hydrogen-bond donors (Lipinski definition) is 1. The van der Waals surface area contributed by atoms with Crippen molar-refractivity contribution < 1.29 is 0 Å². The van der Waals surface area contributed by atoms with Gasteiger partial charge in [-0.15, -0.1) is 0 Å². The van der Waals surface area contributed by atoms with Crippen LogP contribution in [0.25, 0.3) is 0 Å².